The average molecular weight is 246 g/mol. The summed E-state index contributed by atoms with van der Waals surface area (Å²) in [7, 11) is -3.23. The minimum Gasteiger partial charge on any atom is -0.381 e. The van der Waals surface area contributed by atoms with Crippen molar-refractivity contribution in [2.45, 2.75) is 19.8 Å². The second-order valence-electron chi connectivity index (χ2n) is 3.91. The molecule has 1 unspecified atom stereocenters. The highest BCUT2D eigenvalue weighted by Crippen LogP contribution is 2.16. The fourth-order valence-corrected chi connectivity index (χ4v) is 3.62. The van der Waals surface area contributed by atoms with Crippen molar-refractivity contribution in [2.24, 2.45) is 5.92 Å². The summed E-state index contributed by atoms with van der Waals surface area (Å²) in [6.45, 7) is 3.71. The molecule has 1 heterocycles. The second-order valence-corrected chi connectivity index (χ2v) is 5.92. The van der Waals surface area contributed by atoms with Crippen LogP contribution in [0.3, 0.4) is 0 Å². The molecule has 1 aliphatic heterocycles. The van der Waals surface area contributed by atoms with Gasteiger partial charge in [-0.15, -0.1) is 0 Å². The Balaban J connectivity index is 2.55. The zero-order chi connectivity index (χ0) is 12.0. The van der Waals surface area contributed by atoms with Gasteiger partial charge in [0.15, 0.2) is 0 Å². The number of ether oxygens (including phenoxy) is 1. The van der Waals surface area contributed by atoms with E-state index in [0.717, 1.165) is 6.42 Å². The van der Waals surface area contributed by atoms with Crippen molar-refractivity contribution in [2.75, 3.05) is 32.1 Å². The van der Waals surface area contributed by atoms with Crippen molar-refractivity contribution in [1.82, 2.24) is 4.31 Å². The highest BCUT2D eigenvalue weighted by Gasteiger charge is 2.27. The first-order valence-corrected chi connectivity index (χ1v) is 7.13. The SMILES string of the molecule is CCN(CCC#N)S(=O)(=O)CC1CCOC1. The van der Waals surface area contributed by atoms with Crippen LogP contribution in [0, 0.1) is 17.2 Å². The van der Waals surface area contributed by atoms with Gasteiger partial charge in [0.25, 0.3) is 0 Å². The first-order valence-electron chi connectivity index (χ1n) is 5.52. The van der Waals surface area contributed by atoms with Crippen molar-refractivity contribution in [3.63, 3.8) is 0 Å². The molecule has 1 aliphatic rings. The molecule has 92 valence electrons. The van der Waals surface area contributed by atoms with Crippen molar-refractivity contribution in [3.8, 4) is 6.07 Å². The summed E-state index contributed by atoms with van der Waals surface area (Å²) >= 11 is 0. The zero-order valence-corrected chi connectivity index (χ0v) is 10.4. The van der Waals surface area contributed by atoms with Gasteiger partial charge in [-0.3, -0.25) is 0 Å². The Kier molecular flexibility index (Phi) is 5.19. The quantitative estimate of drug-likeness (QED) is 0.687. The number of nitriles is 1. The van der Waals surface area contributed by atoms with Crippen molar-refractivity contribution >= 4 is 10.0 Å². The topological polar surface area (TPSA) is 70.4 Å². The number of rotatable bonds is 6. The summed E-state index contributed by atoms with van der Waals surface area (Å²) in [5.41, 5.74) is 0. The van der Waals surface area contributed by atoms with E-state index in [0.29, 0.717) is 26.3 Å². The van der Waals surface area contributed by atoms with Crippen LogP contribution in [-0.4, -0.2) is 44.8 Å². The van der Waals surface area contributed by atoms with Crippen molar-refractivity contribution < 1.29 is 13.2 Å². The normalized spacial score (nSPS) is 21.2. The Hall–Kier alpha value is -0.640. The third-order valence-electron chi connectivity index (χ3n) is 2.69. The fourth-order valence-electron chi connectivity index (χ4n) is 1.79. The van der Waals surface area contributed by atoms with E-state index in [1.165, 1.54) is 4.31 Å². The second kappa shape index (κ2) is 6.18. The van der Waals surface area contributed by atoms with E-state index in [-0.39, 0.29) is 18.1 Å². The lowest BCUT2D eigenvalue weighted by atomic mass is 10.2. The molecule has 1 atom stereocenters. The molecule has 6 heteroatoms. The maximum Gasteiger partial charge on any atom is 0.214 e. The van der Waals surface area contributed by atoms with Crippen LogP contribution in [0.1, 0.15) is 19.8 Å². The number of hydrogen-bond donors (Lipinski definition) is 0. The largest absolute Gasteiger partial charge is 0.381 e. The first-order chi connectivity index (χ1) is 7.60. The van der Waals surface area contributed by atoms with E-state index in [9.17, 15) is 8.42 Å². The van der Waals surface area contributed by atoms with Gasteiger partial charge in [-0.25, -0.2) is 12.7 Å². The molecular weight excluding hydrogens is 228 g/mol. The molecule has 16 heavy (non-hydrogen) atoms. The maximum absolute atomic E-state index is 12.0. The molecule has 0 saturated carbocycles. The molecule has 0 N–H and O–H groups in total. The number of nitrogens with zero attached hydrogens (tertiary/aromatic N) is 2. The van der Waals surface area contributed by atoms with Gasteiger partial charge in [0.1, 0.15) is 0 Å². The molecule has 0 aromatic heterocycles. The Morgan fingerprint density at radius 2 is 2.31 bits per heavy atom. The van der Waals surface area contributed by atoms with Gasteiger partial charge in [0.2, 0.25) is 10.0 Å². The Labute approximate surface area is 97.0 Å². The molecule has 0 radical (unpaired) electrons. The Bertz CT molecular complexity index is 342. The smallest absolute Gasteiger partial charge is 0.214 e. The van der Waals surface area contributed by atoms with Crippen LogP contribution in [0.15, 0.2) is 0 Å². The summed E-state index contributed by atoms with van der Waals surface area (Å²) in [5.74, 6) is 0.257. The lowest BCUT2D eigenvalue weighted by Crippen LogP contribution is -2.36. The van der Waals surface area contributed by atoms with Gasteiger partial charge in [0, 0.05) is 26.1 Å². The van der Waals surface area contributed by atoms with E-state index in [1.807, 2.05) is 6.07 Å². The maximum atomic E-state index is 12.0. The first kappa shape index (κ1) is 13.4. The fraction of sp³-hybridized carbons (Fsp3) is 0.900. The molecule has 0 aromatic rings. The molecule has 1 fully saturated rings. The summed E-state index contributed by atoms with van der Waals surface area (Å²) < 4.78 is 30.5. The van der Waals surface area contributed by atoms with E-state index < -0.39 is 10.0 Å². The van der Waals surface area contributed by atoms with Gasteiger partial charge >= 0.3 is 0 Å². The van der Waals surface area contributed by atoms with E-state index in [2.05, 4.69) is 0 Å². The third-order valence-corrected chi connectivity index (χ3v) is 4.81. The molecule has 1 saturated heterocycles. The van der Waals surface area contributed by atoms with Crippen molar-refractivity contribution in [1.29, 1.82) is 5.26 Å². The molecular formula is C10H18N2O3S. The number of hydrogen-bond acceptors (Lipinski definition) is 4. The predicted octanol–water partition coefficient (Wildman–Crippen LogP) is 0.588. The molecule has 5 nitrogen and oxygen atoms in total. The molecule has 0 amide bonds. The van der Waals surface area contributed by atoms with Gasteiger partial charge in [-0.1, -0.05) is 6.92 Å². The summed E-state index contributed by atoms with van der Waals surface area (Å²) in [5, 5.41) is 8.47. The molecule has 0 aromatic carbocycles. The summed E-state index contributed by atoms with van der Waals surface area (Å²) in [6, 6.07) is 1.97. The minimum absolute atomic E-state index is 0.112. The molecule has 0 bridgehead atoms. The lowest BCUT2D eigenvalue weighted by molar-refractivity contribution is 0.188. The van der Waals surface area contributed by atoms with Crippen LogP contribution in [0.4, 0.5) is 0 Å². The van der Waals surface area contributed by atoms with Crippen LogP contribution >= 0.6 is 0 Å². The average Bonchev–Trinajstić information content (AvgIpc) is 2.70. The van der Waals surface area contributed by atoms with E-state index in [4.69, 9.17) is 10.00 Å². The third kappa shape index (κ3) is 3.74. The molecule has 0 spiro atoms. The van der Waals surface area contributed by atoms with Gasteiger partial charge in [-0.05, 0) is 12.3 Å². The predicted molar refractivity (Wildman–Crippen MR) is 60.2 cm³/mol. The summed E-state index contributed by atoms with van der Waals surface area (Å²) in [6.07, 6.45) is 1.06. The Morgan fingerprint density at radius 1 is 1.56 bits per heavy atom. The standard InChI is InChI=1S/C10H18N2O3S/c1-2-12(6-3-5-11)16(13,14)9-10-4-7-15-8-10/h10H,2-4,6-9H2,1H3. The monoisotopic (exact) mass is 246 g/mol. The highest BCUT2D eigenvalue weighted by molar-refractivity contribution is 7.89. The van der Waals surface area contributed by atoms with E-state index >= 15 is 0 Å². The minimum atomic E-state index is -3.23. The van der Waals surface area contributed by atoms with E-state index in [1.54, 1.807) is 6.92 Å². The zero-order valence-electron chi connectivity index (χ0n) is 9.55. The van der Waals surface area contributed by atoms with Crippen molar-refractivity contribution in [3.05, 3.63) is 0 Å². The lowest BCUT2D eigenvalue weighted by Gasteiger charge is -2.20. The van der Waals surface area contributed by atoms with Gasteiger partial charge in [0.05, 0.1) is 18.4 Å². The van der Waals surface area contributed by atoms with Crippen LogP contribution in [-0.2, 0) is 14.8 Å². The molecule has 1 rings (SSSR count). The molecule has 0 aliphatic carbocycles. The van der Waals surface area contributed by atoms with Crippen LogP contribution in [0.2, 0.25) is 0 Å². The van der Waals surface area contributed by atoms with Crippen LogP contribution in [0.25, 0.3) is 0 Å². The van der Waals surface area contributed by atoms with Gasteiger partial charge < -0.3 is 4.74 Å². The van der Waals surface area contributed by atoms with Gasteiger partial charge in [-0.2, -0.15) is 5.26 Å². The Morgan fingerprint density at radius 3 is 2.81 bits per heavy atom. The van der Waals surface area contributed by atoms with Crippen LogP contribution < -0.4 is 0 Å². The summed E-state index contributed by atoms with van der Waals surface area (Å²) in [4.78, 5) is 0. The highest BCUT2D eigenvalue weighted by atomic mass is 32.2. The number of sulfonamides is 1. The van der Waals surface area contributed by atoms with Crippen LogP contribution in [0.5, 0.6) is 0 Å².